The SMILES string of the molecule is CCC(CC)(c1ccc(C#CC2(O)CCCC2)c(C)c1)c1ccc(C(=O)NC(C)(C)C(=O)OC)c(C)c1. The molecule has 1 saturated carbocycles. The molecule has 2 N–H and O–H groups in total. The lowest BCUT2D eigenvalue weighted by Gasteiger charge is -2.34. The second kappa shape index (κ2) is 11.1. The van der Waals surface area contributed by atoms with E-state index in [1.807, 2.05) is 19.1 Å². The Bertz CT molecular complexity index is 1220. The van der Waals surface area contributed by atoms with Gasteiger partial charge in [0.1, 0.15) is 11.1 Å². The second-order valence-corrected chi connectivity index (χ2v) is 10.9. The molecule has 2 aromatic rings. The quantitative estimate of drug-likeness (QED) is 0.373. The number of nitrogens with one attached hydrogen (secondary N) is 1. The van der Waals surface area contributed by atoms with Crippen molar-refractivity contribution in [1.29, 1.82) is 0 Å². The number of carbonyl (C=O) groups is 2. The van der Waals surface area contributed by atoms with Gasteiger partial charge in [0.25, 0.3) is 5.91 Å². The van der Waals surface area contributed by atoms with Gasteiger partial charge in [-0.2, -0.15) is 0 Å². The molecule has 0 bridgehead atoms. The highest BCUT2D eigenvalue weighted by Crippen LogP contribution is 2.40. The molecule has 3 rings (SSSR count). The van der Waals surface area contributed by atoms with Crippen LogP contribution in [-0.2, 0) is 14.9 Å². The van der Waals surface area contributed by atoms with Gasteiger partial charge in [-0.1, -0.05) is 50.0 Å². The molecule has 198 valence electrons. The zero-order valence-corrected chi connectivity index (χ0v) is 23.4. The highest BCUT2D eigenvalue weighted by Gasteiger charge is 2.34. The maximum Gasteiger partial charge on any atom is 0.330 e. The first-order chi connectivity index (χ1) is 17.4. The molecule has 0 aliphatic heterocycles. The lowest BCUT2D eigenvalue weighted by atomic mass is 9.69. The van der Waals surface area contributed by atoms with Crippen molar-refractivity contribution in [3.63, 3.8) is 0 Å². The molecule has 5 nitrogen and oxygen atoms in total. The smallest absolute Gasteiger partial charge is 0.330 e. The van der Waals surface area contributed by atoms with Crippen LogP contribution in [0.1, 0.15) is 104 Å². The Morgan fingerprint density at radius 2 is 1.57 bits per heavy atom. The largest absolute Gasteiger partial charge is 0.467 e. The first-order valence-electron chi connectivity index (χ1n) is 13.3. The monoisotopic (exact) mass is 503 g/mol. The molecule has 1 fully saturated rings. The van der Waals surface area contributed by atoms with Gasteiger partial charge in [-0.15, -0.1) is 0 Å². The van der Waals surface area contributed by atoms with E-state index in [4.69, 9.17) is 4.74 Å². The minimum Gasteiger partial charge on any atom is -0.467 e. The normalized spacial score (nSPS) is 15.0. The third-order valence-electron chi connectivity index (χ3n) is 7.99. The molecule has 1 aliphatic rings. The zero-order valence-electron chi connectivity index (χ0n) is 23.4. The number of amides is 1. The van der Waals surface area contributed by atoms with Crippen molar-refractivity contribution in [3.8, 4) is 11.8 Å². The number of esters is 1. The number of carbonyl (C=O) groups excluding carboxylic acids is 2. The maximum atomic E-state index is 13.0. The van der Waals surface area contributed by atoms with E-state index in [9.17, 15) is 14.7 Å². The Labute approximate surface area is 222 Å². The van der Waals surface area contributed by atoms with Crippen LogP contribution in [0.15, 0.2) is 36.4 Å². The van der Waals surface area contributed by atoms with Crippen LogP contribution >= 0.6 is 0 Å². The summed E-state index contributed by atoms with van der Waals surface area (Å²) in [5.74, 6) is 5.56. The fraction of sp³-hybridized carbons (Fsp3) is 0.500. The van der Waals surface area contributed by atoms with E-state index in [1.54, 1.807) is 13.8 Å². The summed E-state index contributed by atoms with van der Waals surface area (Å²) in [6.45, 7) is 11.6. The van der Waals surface area contributed by atoms with Crippen LogP contribution in [0.4, 0.5) is 0 Å². The maximum absolute atomic E-state index is 13.0. The zero-order chi connectivity index (χ0) is 27.4. The van der Waals surface area contributed by atoms with E-state index in [0.29, 0.717) is 5.56 Å². The van der Waals surface area contributed by atoms with Crippen LogP contribution in [0.5, 0.6) is 0 Å². The average Bonchev–Trinajstić information content (AvgIpc) is 3.30. The molecule has 0 unspecified atom stereocenters. The Kier molecular flexibility index (Phi) is 8.55. The number of benzene rings is 2. The van der Waals surface area contributed by atoms with Gasteiger partial charge in [0, 0.05) is 16.5 Å². The Morgan fingerprint density at radius 1 is 1.00 bits per heavy atom. The standard InChI is InChI=1S/C32H41NO4/c1-8-32(9-2,25-13-12-24(22(3)20-25)16-19-31(36)17-10-11-18-31)26-14-15-27(23(4)21-26)28(34)33-30(5,6)29(35)37-7/h12-15,20-21,36H,8-11,17-18H2,1-7H3,(H,33,34). The van der Waals surface area contributed by atoms with Gasteiger partial charge in [-0.05, 0) is 101 Å². The summed E-state index contributed by atoms with van der Waals surface area (Å²) in [5.41, 5.74) is 3.60. The van der Waals surface area contributed by atoms with Crippen LogP contribution in [0.3, 0.4) is 0 Å². The van der Waals surface area contributed by atoms with Gasteiger partial charge in [-0.25, -0.2) is 4.79 Å². The number of hydrogen-bond acceptors (Lipinski definition) is 4. The number of rotatable bonds is 7. The minimum absolute atomic E-state index is 0.217. The summed E-state index contributed by atoms with van der Waals surface area (Å²) < 4.78 is 4.81. The van der Waals surface area contributed by atoms with E-state index >= 15 is 0 Å². The molecular formula is C32H41NO4. The fourth-order valence-electron chi connectivity index (χ4n) is 5.48. The molecule has 0 radical (unpaired) electrons. The highest BCUT2D eigenvalue weighted by molar-refractivity contribution is 5.99. The number of aryl methyl sites for hydroxylation is 2. The molecule has 0 heterocycles. The first kappa shape index (κ1) is 28.5. The summed E-state index contributed by atoms with van der Waals surface area (Å²) >= 11 is 0. The van der Waals surface area contributed by atoms with E-state index in [1.165, 1.54) is 12.7 Å². The van der Waals surface area contributed by atoms with Gasteiger partial charge in [0.15, 0.2) is 0 Å². The van der Waals surface area contributed by atoms with E-state index < -0.39 is 17.1 Å². The summed E-state index contributed by atoms with van der Waals surface area (Å²) in [7, 11) is 1.31. The average molecular weight is 504 g/mol. The fourth-order valence-corrected chi connectivity index (χ4v) is 5.48. The number of aliphatic hydroxyl groups is 1. The van der Waals surface area contributed by atoms with Crippen molar-refractivity contribution in [1.82, 2.24) is 5.32 Å². The van der Waals surface area contributed by atoms with Crippen molar-refractivity contribution in [3.05, 3.63) is 69.8 Å². The van der Waals surface area contributed by atoms with Gasteiger partial charge in [-0.3, -0.25) is 4.79 Å². The third kappa shape index (κ3) is 5.91. The van der Waals surface area contributed by atoms with Crippen molar-refractivity contribution >= 4 is 11.9 Å². The summed E-state index contributed by atoms with van der Waals surface area (Å²) in [5, 5.41) is 13.4. The molecule has 37 heavy (non-hydrogen) atoms. The number of hydrogen-bond donors (Lipinski definition) is 2. The Balaban J connectivity index is 1.93. The molecule has 1 aliphatic carbocycles. The topological polar surface area (TPSA) is 75.6 Å². The molecule has 2 aromatic carbocycles. The predicted octanol–water partition coefficient (Wildman–Crippen LogP) is 5.75. The molecule has 0 spiro atoms. The van der Waals surface area contributed by atoms with E-state index in [0.717, 1.165) is 60.8 Å². The second-order valence-electron chi connectivity index (χ2n) is 10.9. The Hall–Kier alpha value is -3.10. The van der Waals surface area contributed by atoms with Gasteiger partial charge < -0.3 is 15.2 Å². The van der Waals surface area contributed by atoms with E-state index in [2.05, 4.69) is 62.2 Å². The van der Waals surface area contributed by atoms with Crippen molar-refractivity contribution in [2.75, 3.05) is 7.11 Å². The molecule has 0 saturated heterocycles. The van der Waals surface area contributed by atoms with Gasteiger partial charge in [0.2, 0.25) is 0 Å². The van der Waals surface area contributed by atoms with E-state index in [-0.39, 0.29) is 11.3 Å². The number of ether oxygens (including phenoxy) is 1. The summed E-state index contributed by atoms with van der Waals surface area (Å²) in [6, 6.07) is 12.4. The van der Waals surface area contributed by atoms with Crippen LogP contribution in [0.2, 0.25) is 0 Å². The first-order valence-corrected chi connectivity index (χ1v) is 13.3. The third-order valence-corrected chi connectivity index (χ3v) is 7.99. The lowest BCUT2D eigenvalue weighted by Crippen LogP contribution is -2.50. The summed E-state index contributed by atoms with van der Waals surface area (Å²) in [4.78, 5) is 25.0. The van der Waals surface area contributed by atoms with Crippen LogP contribution in [0, 0.1) is 25.7 Å². The molecule has 0 atom stereocenters. The van der Waals surface area contributed by atoms with Crippen molar-refractivity contribution in [2.24, 2.45) is 0 Å². The minimum atomic E-state index is -1.12. The molecule has 5 heteroatoms. The molecular weight excluding hydrogens is 462 g/mol. The summed E-state index contributed by atoms with van der Waals surface area (Å²) in [6.07, 6.45) is 5.35. The van der Waals surface area contributed by atoms with Gasteiger partial charge in [0.05, 0.1) is 7.11 Å². The van der Waals surface area contributed by atoms with Crippen LogP contribution < -0.4 is 5.32 Å². The molecule has 0 aromatic heterocycles. The van der Waals surface area contributed by atoms with Crippen molar-refractivity contribution < 1.29 is 19.4 Å². The van der Waals surface area contributed by atoms with Crippen LogP contribution in [0.25, 0.3) is 0 Å². The Morgan fingerprint density at radius 3 is 2.08 bits per heavy atom. The highest BCUT2D eigenvalue weighted by atomic mass is 16.5. The molecule has 1 amide bonds. The van der Waals surface area contributed by atoms with Crippen molar-refractivity contribution in [2.45, 2.75) is 96.6 Å². The van der Waals surface area contributed by atoms with Gasteiger partial charge >= 0.3 is 5.97 Å². The number of methoxy groups -OCH3 is 1. The van der Waals surface area contributed by atoms with Crippen LogP contribution in [-0.4, -0.2) is 35.2 Å². The lowest BCUT2D eigenvalue weighted by molar-refractivity contribution is -0.146. The predicted molar refractivity (Wildman–Crippen MR) is 148 cm³/mol.